The zero-order valence-electron chi connectivity index (χ0n) is 10.3. The Balaban J connectivity index is 2.09. The number of terminal acetylenes is 1. The van der Waals surface area contributed by atoms with Gasteiger partial charge in [0.05, 0.1) is 6.61 Å². The number of rotatable bonds is 6. The number of hydrogen-bond acceptors (Lipinski definition) is 4. The predicted octanol–water partition coefficient (Wildman–Crippen LogP) is 1.71. The molecule has 1 heterocycles. The smallest absolute Gasteiger partial charge is 0.231 e. The van der Waals surface area contributed by atoms with Crippen molar-refractivity contribution in [1.29, 1.82) is 0 Å². The Kier molecular flexibility index (Phi) is 4.32. The Morgan fingerprint density at radius 3 is 2.83 bits per heavy atom. The molecule has 0 atom stereocenters. The molecule has 0 spiro atoms. The van der Waals surface area contributed by atoms with Gasteiger partial charge in [-0.1, -0.05) is 0 Å². The summed E-state index contributed by atoms with van der Waals surface area (Å²) in [7, 11) is 0. The van der Waals surface area contributed by atoms with Crippen molar-refractivity contribution < 1.29 is 14.2 Å². The summed E-state index contributed by atoms with van der Waals surface area (Å²) >= 11 is 0. The zero-order valence-corrected chi connectivity index (χ0v) is 10.3. The van der Waals surface area contributed by atoms with E-state index in [4.69, 9.17) is 26.4 Å². The molecule has 0 fully saturated rings. The van der Waals surface area contributed by atoms with Crippen molar-refractivity contribution in [2.24, 2.45) is 5.73 Å². The van der Waals surface area contributed by atoms with Gasteiger partial charge in [0.25, 0.3) is 0 Å². The van der Waals surface area contributed by atoms with E-state index < -0.39 is 0 Å². The fourth-order valence-corrected chi connectivity index (χ4v) is 1.81. The largest absolute Gasteiger partial charge is 0.493 e. The van der Waals surface area contributed by atoms with E-state index in [-0.39, 0.29) is 6.79 Å². The fourth-order valence-electron chi connectivity index (χ4n) is 1.81. The van der Waals surface area contributed by atoms with Crippen LogP contribution in [0.2, 0.25) is 0 Å². The van der Waals surface area contributed by atoms with Crippen LogP contribution in [-0.4, -0.2) is 19.9 Å². The van der Waals surface area contributed by atoms with E-state index in [0.717, 1.165) is 42.1 Å². The summed E-state index contributed by atoms with van der Waals surface area (Å²) in [4.78, 5) is 0. The van der Waals surface area contributed by atoms with Crippen molar-refractivity contribution in [2.45, 2.75) is 19.3 Å². The molecule has 2 N–H and O–H groups in total. The molecule has 0 saturated heterocycles. The van der Waals surface area contributed by atoms with Gasteiger partial charge in [-0.25, -0.2) is 0 Å². The Bertz CT molecular complexity index is 451. The Morgan fingerprint density at radius 2 is 2.11 bits per heavy atom. The third-order valence-corrected chi connectivity index (χ3v) is 2.69. The topological polar surface area (TPSA) is 53.7 Å². The van der Waals surface area contributed by atoms with Crippen LogP contribution in [0.5, 0.6) is 17.2 Å². The molecule has 0 amide bonds. The van der Waals surface area contributed by atoms with Gasteiger partial charge >= 0.3 is 0 Å². The summed E-state index contributed by atoms with van der Waals surface area (Å²) in [5, 5.41) is 0. The second kappa shape index (κ2) is 6.18. The van der Waals surface area contributed by atoms with Crippen molar-refractivity contribution in [3.63, 3.8) is 0 Å². The quantitative estimate of drug-likeness (QED) is 0.614. The van der Waals surface area contributed by atoms with Crippen LogP contribution in [0.3, 0.4) is 0 Å². The van der Waals surface area contributed by atoms with Gasteiger partial charge in [-0.3, -0.25) is 0 Å². The Hall–Kier alpha value is -1.86. The second-order valence-electron chi connectivity index (χ2n) is 4.01. The van der Waals surface area contributed by atoms with Gasteiger partial charge in [0.15, 0.2) is 11.5 Å². The molecule has 1 aliphatic rings. The average Bonchev–Trinajstić information content (AvgIpc) is 2.82. The van der Waals surface area contributed by atoms with Gasteiger partial charge in [0.1, 0.15) is 5.75 Å². The molecule has 96 valence electrons. The number of nitrogens with two attached hydrogens (primary N) is 1. The van der Waals surface area contributed by atoms with Gasteiger partial charge in [-0.15, -0.1) is 12.3 Å². The van der Waals surface area contributed by atoms with E-state index in [0.29, 0.717) is 13.2 Å². The van der Waals surface area contributed by atoms with E-state index in [2.05, 4.69) is 5.92 Å². The molecule has 0 unspecified atom stereocenters. The van der Waals surface area contributed by atoms with Crippen LogP contribution < -0.4 is 19.9 Å². The van der Waals surface area contributed by atoms with Gasteiger partial charge in [0.2, 0.25) is 6.79 Å². The number of benzene rings is 1. The molecule has 2 rings (SSSR count). The first-order valence-electron chi connectivity index (χ1n) is 6.04. The summed E-state index contributed by atoms with van der Waals surface area (Å²) in [5.41, 5.74) is 6.64. The van der Waals surface area contributed by atoms with Crippen molar-refractivity contribution in [2.75, 3.05) is 19.9 Å². The van der Waals surface area contributed by atoms with Crippen molar-refractivity contribution in [3.8, 4) is 29.6 Å². The highest BCUT2D eigenvalue weighted by atomic mass is 16.7. The molecule has 0 aromatic heterocycles. The summed E-state index contributed by atoms with van der Waals surface area (Å²) in [6, 6.07) is 3.80. The van der Waals surface area contributed by atoms with Crippen molar-refractivity contribution in [3.05, 3.63) is 17.7 Å². The van der Waals surface area contributed by atoms with Gasteiger partial charge in [-0.05, 0) is 31.0 Å². The summed E-state index contributed by atoms with van der Waals surface area (Å²) < 4.78 is 16.4. The molecular formula is C14H17NO3. The van der Waals surface area contributed by atoms with E-state index >= 15 is 0 Å². The van der Waals surface area contributed by atoms with Crippen molar-refractivity contribution >= 4 is 0 Å². The van der Waals surface area contributed by atoms with Crippen molar-refractivity contribution in [1.82, 2.24) is 0 Å². The lowest BCUT2D eigenvalue weighted by atomic mass is 10.1. The molecular weight excluding hydrogens is 230 g/mol. The van der Waals surface area contributed by atoms with Crippen LogP contribution in [0.15, 0.2) is 12.1 Å². The molecule has 0 bridgehead atoms. The maximum atomic E-state index is 5.73. The minimum Gasteiger partial charge on any atom is -0.493 e. The van der Waals surface area contributed by atoms with Gasteiger partial charge < -0.3 is 19.9 Å². The SMILES string of the molecule is C#CCCCOc1cc2c(cc1CCN)OCO2. The van der Waals surface area contributed by atoms with Crippen LogP contribution in [0.25, 0.3) is 0 Å². The van der Waals surface area contributed by atoms with Crippen LogP contribution in [-0.2, 0) is 6.42 Å². The summed E-state index contributed by atoms with van der Waals surface area (Å²) in [5.74, 6) is 4.88. The molecule has 1 aromatic rings. The monoisotopic (exact) mass is 247 g/mol. The minimum absolute atomic E-state index is 0.262. The molecule has 0 saturated carbocycles. The number of hydrogen-bond donors (Lipinski definition) is 1. The first-order chi connectivity index (χ1) is 8.85. The Morgan fingerprint density at radius 1 is 1.33 bits per heavy atom. The van der Waals surface area contributed by atoms with Crippen LogP contribution >= 0.6 is 0 Å². The van der Waals surface area contributed by atoms with Crippen LogP contribution in [0.4, 0.5) is 0 Å². The van der Waals surface area contributed by atoms with E-state index in [1.807, 2.05) is 12.1 Å². The lowest BCUT2D eigenvalue weighted by Gasteiger charge is -2.11. The molecule has 18 heavy (non-hydrogen) atoms. The number of unbranched alkanes of at least 4 members (excludes halogenated alkanes) is 1. The third kappa shape index (κ3) is 2.88. The standard InChI is InChI=1S/C14H17NO3/c1-2-3-4-7-16-12-9-14-13(17-10-18-14)8-11(12)5-6-15/h1,8-9H,3-7,10,15H2. The highest BCUT2D eigenvalue weighted by Gasteiger charge is 2.17. The second-order valence-corrected chi connectivity index (χ2v) is 4.01. The molecule has 0 aliphatic carbocycles. The molecule has 1 aromatic carbocycles. The van der Waals surface area contributed by atoms with Gasteiger partial charge in [-0.2, -0.15) is 0 Å². The van der Waals surface area contributed by atoms with E-state index in [1.165, 1.54) is 0 Å². The zero-order chi connectivity index (χ0) is 12.8. The highest BCUT2D eigenvalue weighted by Crippen LogP contribution is 2.38. The third-order valence-electron chi connectivity index (χ3n) is 2.69. The van der Waals surface area contributed by atoms with Gasteiger partial charge in [0, 0.05) is 12.5 Å². The lowest BCUT2D eigenvalue weighted by molar-refractivity contribution is 0.173. The van der Waals surface area contributed by atoms with E-state index in [9.17, 15) is 0 Å². The van der Waals surface area contributed by atoms with E-state index in [1.54, 1.807) is 0 Å². The highest BCUT2D eigenvalue weighted by molar-refractivity contribution is 5.52. The minimum atomic E-state index is 0.262. The molecule has 4 nitrogen and oxygen atoms in total. The molecule has 4 heteroatoms. The summed E-state index contributed by atoms with van der Waals surface area (Å²) in [6.07, 6.45) is 7.51. The lowest BCUT2D eigenvalue weighted by Crippen LogP contribution is -2.06. The molecule has 1 aliphatic heterocycles. The first-order valence-corrected chi connectivity index (χ1v) is 6.04. The normalized spacial score (nSPS) is 12.2. The predicted molar refractivity (Wildman–Crippen MR) is 68.9 cm³/mol. The number of ether oxygens (including phenoxy) is 3. The maximum absolute atomic E-state index is 5.73. The van der Waals surface area contributed by atoms with Crippen LogP contribution in [0, 0.1) is 12.3 Å². The summed E-state index contributed by atoms with van der Waals surface area (Å²) in [6.45, 7) is 1.43. The number of fused-ring (bicyclic) bond motifs is 1. The fraction of sp³-hybridized carbons (Fsp3) is 0.429. The average molecular weight is 247 g/mol. The first kappa shape index (κ1) is 12.6. The Labute approximate surface area is 107 Å². The molecule has 0 radical (unpaired) electrons. The maximum Gasteiger partial charge on any atom is 0.231 e. The van der Waals surface area contributed by atoms with Crippen LogP contribution in [0.1, 0.15) is 18.4 Å².